The molecule has 90 valence electrons. The Hall–Kier alpha value is -1.88. The number of amides is 1. The predicted molar refractivity (Wildman–Crippen MR) is 58.8 cm³/mol. The first-order valence-electron chi connectivity index (χ1n) is 5.35. The van der Waals surface area contributed by atoms with Gasteiger partial charge in [0.1, 0.15) is 6.23 Å². The fourth-order valence-electron chi connectivity index (χ4n) is 1.71. The molecule has 1 aliphatic rings. The lowest BCUT2D eigenvalue weighted by molar-refractivity contribution is -0.187. The van der Waals surface area contributed by atoms with E-state index in [1.165, 1.54) is 6.92 Å². The Balaban J connectivity index is 1.99. The summed E-state index contributed by atoms with van der Waals surface area (Å²) in [4.78, 5) is 24.0. The van der Waals surface area contributed by atoms with Crippen molar-refractivity contribution in [1.29, 1.82) is 0 Å². The normalized spacial score (nSPS) is 20.7. The van der Waals surface area contributed by atoms with Gasteiger partial charge >= 0.3 is 5.97 Å². The van der Waals surface area contributed by atoms with E-state index in [4.69, 9.17) is 4.74 Å². The van der Waals surface area contributed by atoms with Gasteiger partial charge in [0.2, 0.25) is 5.91 Å². The Kier molecular flexibility index (Phi) is 3.10. The van der Waals surface area contributed by atoms with Gasteiger partial charge in [0, 0.05) is 0 Å². The number of β-lactam (4-membered cyclic amide) rings is 1. The molecule has 0 aliphatic carbocycles. The SMILES string of the molecule is CC(O)N1C(=O)CC1OC(=O)c1ccccc1. The molecule has 2 rings (SSSR count). The summed E-state index contributed by atoms with van der Waals surface area (Å²) in [6.07, 6.45) is -1.47. The van der Waals surface area contributed by atoms with Crippen LogP contribution < -0.4 is 0 Å². The van der Waals surface area contributed by atoms with Crippen molar-refractivity contribution in [2.24, 2.45) is 0 Å². The molecule has 2 atom stereocenters. The predicted octanol–water partition coefficient (Wildman–Crippen LogP) is 0.740. The van der Waals surface area contributed by atoms with Crippen molar-refractivity contribution in [3.05, 3.63) is 35.9 Å². The highest BCUT2D eigenvalue weighted by Gasteiger charge is 2.41. The number of hydrogen-bond acceptors (Lipinski definition) is 4. The highest BCUT2D eigenvalue weighted by Crippen LogP contribution is 2.23. The van der Waals surface area contributed by atoms with Crippen LogP contribution in [-0.2, 0) is 9.53 Å². The standard InChI is InChI=1S/C12H13NO4/c1-8(14)13-10(15)7-11(13)17-12(16)9-5-3-2-4-6-9/h2-6,8,11,14H,7H2,1H3. The fourth-order valence-corrected chi connectivity index (χ4v) is 1.71. The summed E-state index contributed by atoms with van der Waals surface area (Å²) in [6.45, 7) is 1.46. The molecule has 0 aromatic heterocycles. The second kappa shape index (κ2) is 4.55. The number of hydrogen-bond donors (Lipinski definition) is 1. The van der Waals surface area contributed by atoms with Gasteiger partial charge in [-0.3, -0.25) is 9.69 Å². The zero-order valence-corrected chi connectivity index (χ0v) is 9.37. The van der Waals surface area contributed by atoms with E-state index in [1.807, 2.05) is 0 Å². The minimum Gasteiger partial charge on any atom is -0.437 e. The quantitative estimate of drug-likeness (QED) is 0.620. The van der Waals surface area contributed by atoms with Gasteiger partial charge < -0.3 is 9.84 Å². The second-order valence-corrected chi connectivity index (χ2v) is 3.86. The third-order valence-corrected chi connectivity index (χ3v) is 2.60. The molecule has 2 unspecified atom stereocenters. The largest absolute Gasteiger partial charge is 0.437 e. The first-order valence-corrected chi connectivity index (χ1v) is 5.35. The first-order chi connectivity index (χ1) is 8.09. The maximum atomic E-state index is 11.7. The van der Waals surface area contributed by atoms with Crippen molar-refractivity contribution in [3.63, 3.8) is 0 Å². The van der Waals surface area contributed by atoms with Crippen molar-refractivity contribution >= 4 is 11.9 Å². The minimum absolute atomic E-state index is 0.128. The van der Waals surface area contributed by atoms with E-state index in [2.05, 4.69) is 0 Å². The van der Waals surface area contributed by atoms with Crippen molar-refractivity contribution in [2.45, 2.75) is 25.8 Å². The van der Waals surface area contributed by atoms with Gasteiger partial charge in [0.15, 0.2) is 6.23 Å². The topological polar surface area (TPSA) is 66.8 Å². The Morgan fingerprint density at radius 3 is 2.65 bits per heavy atom. The van der Waals surface area contributed by atoms with Crippen LogP contribution >= 0.6 is 0 Å². The number of carbonyl (C=O) groups excluding carboxylic acids is 2. The highest BCUT2D eigenvalue weighted by atomic mass is 16.6. The average molecular weight is 235 g/mol. The van der Waals surface area contributed by atoms with E-state index in [9.17, 15) is 14.7 Å². The van der Waals surface area contributed by atoms with Crippen LogP contribution in [0.25, 0.3) is 0 Å². The molecule has 1 heterocycles. The van der Waals surface area contributed by atoms with Crippen molar-refractivity contribution in [2.75, 3.05) is 0 Å². The van der Waals surface area contributed by atoms with Crippen LogP contribution in [0.1, 0.15) is 23.7 Å². The maximum Gasteiger partial charge on any atom is 0.340 e. The highest BCUT2D eigenvalue weighted by molar-refractivity contribution is 5.91. The molecule has 1 fully saturated rings. The van der Waals surface area contributed by atoms with Gasteiger partial charge in [-0.15, -0.1) is 0 Å². The van der Waals surface area contributed by atoms with E-state index in [-0.39, 0.29) is 12.3 Å². The molecular formula is C12H13NO4. The molecular weight excluding hydrogens is 222 g/mol. The summed E-state index contributed by atoms with van der Waals surface area (Å²) in [6, 6.07) is 8.53. The van der Waals surface area contributed by atoms with Crippen LogP contribution in [0.5, 0.6) is 0 Å². The number of likely N-dealkylation sites (tertiary alicyclic amines) is 1. The summed E-state index contributed by atoms with van der Waals surface area (Å²) in [5, 5.41) is 9.31. The second-order valence-electron chi connectivity index (χ2n) is 3.86. The lowest BCUT2D eigenvalue weighted by Gasteiger charge is -2.40. The molecule has 5 nitrogen and oxygen atoms in total. The number of ether oxygens (including phenoxy) is 1. The van der Waals surface area contributed by atoms with Gasteiger partial charge in [-0.1, -0.05) is 18.2 Å². The Bertz CT molecular complexity index is 429. The van der Waals surface area contributed by atoms with E-state index in [1.54, 1.807) is 30.3 Å². The van der Waals surface area contributed by atoms with Gasteiger partial charge in [0.05, 0.1) is 12.0 Å². The molecule has 0 spiro atoms. The zero-order valence-electron chi connectivity index (χ0n) is 9.37. The van der Waals surface area contributed by atoms with Crippen molar-refractivity contribution < 1.29 is 19.4 Å². The average Bonchev–Trinajstić information content (AvgIpc) is 2.28. The molecule has 1 amide bonds. The zero-order chi connectivity index (χ0) is 12.4. The molecule has 1 N–H and O–H groups in total. The lowest BCUT2D eigenvalue weighted by Crippen LogP contribution is -2.58. The Labute approximate surface area is 98.6 Å². The van der Waals surface area contributed by atoms with Gasteiger partial charge in [0.25, 0.3) is 0 Å². The van der Waals surface area contributed by atoms with Crippen LogP contribution in [0.2, 0.25) is 0 Å². The fraction of sp³-hybridized carbons (Fsp3) is 0.333. The maximum absolute atomic E-state index is 11.7. The van der Waals surface area contributed by atoms with Crippen molar-refractivity contribution in [1.82, 2.24) is 4.90 Å². The molecule has 0 bridgehead atoms. The molecule has 1 saturated heterocycles. The smallest absolute Gasteiger partial charge is 0.340 e. The van der Waals surface area contributed by atoms with Crippen LogP contribution in [0.4, 0.5) is 0 Å². The first kappa shape index (κ1) is 11.6. The van der Waals surface area contributed by atoms with E-state index in [0.717, 1.165) is 4.90 Å². The third-order valence-electron chi connectivity index (χ3n) is 2.60. The summed E-state index contributed by atoms with van der Waals surface area (Å²) in [5.41, 5.74) is 0.428. The summed E-state index contributed by atoms with van der Waals surface area (Å²) >= 11 is 0. The molecule has 1 aromatic carbocycles. The number of rotatable bonds is 3. The van der Waals surface area contributed by atoms with E-state index in [0.29, 0.717) is 5.56 Å². The molecule has 17 heavy (non-hydrogen) atoms. The molecule has 0 radical (unpaired) electrons. The number of carbonyl (C=O) groups is 2. The van der Waals surface area contributed by atoms with Gasteiger partial charge in [-0.05, 0) is 19.1 Å². The lowest BCUT2D eigenvalue weighted by atomic mass is 10.1. The summed E-state index contributed by atoms with van der Waals surface area (Å²) < 4.78 is 5.12. The Morgan fingerprint density at radius 2 is 2.12 bits per heavy atom. The van der Waals surface area contributed by atoms with E-state index >= 15 is 0 Å². The summed E-state index contributed by atoms with van der Waals surface area (Å²) in [5.74, 6) is -0.709. The number of aliphatic hydroxyl groups is 1. The van der Waals surface area contributed by atoms with Crippen LogP contribution in [0.3, 0.4) is 0 Å². The van der Waals surface area contributed by atoms with E-state index < -0.39 is 18.4 Å². The minimum atomic E-state index is -0.940. The van der Waals surface area contributed by atoms with Gasteiger partial charge in [-0.25, -0.2) is 4.79 Å². The number of benzene rings is 1. The molecule has 1 aliphatic heterocycles. The number of nitrogens with zero attached hydrogens (tertiary/aromatic N) is 1. The molecule has 1 aromatic rings. The van der Waals surface area contributed by atoms with Crippen molar-refractivity contribution in [3.8, 4) is 0 Å². The van der Waals surface area contributed by atoms with Gasteiger partial charge in [-0.2, -0.15) is 0 Å². The monoisotopic (exact) mass is 235 g/mol. The summed E-state index contributed by atoms with van der Waals surface area (Å²) in [7, 11) is 0. The van der Waals surface area contributed by atoms with Crippen LogP contribution in [0, 0.1) is 0 Å². The third kappa shape index (κ3) is 2.29. The number of aliphatic hydroxyl groups excluding tert-OH is 1. The van der Waals surface area contributed by atoms with Crippen LogP contribution in [0.15, 0.2) is 30.3 Å². The molecule has 0 saturated carbocycles. The Morgan fingerprint density at radius 1 is 1.47 bits per heavy atom. The number of esters is 1. The van der Waals surface area contributed by atoms with Crippen LogP contribution in [-0.4, -0.2) is 34.3 Å². The molecule has 5 heteroatoms.